The number of hydrogen-bond donors (Lipinski definition) is 2. The molecule has 29 heavy (non-hydrogen) atoms. The van der Waals surface area contributed by atoms with Gasteiger partial charge in [-0.1, -0.05) is 48.5 Å². The molecule has 1 heterocycles. The number of nitrogens with zero attached hydrogens (tertiary/aromatic N) is 1. The molecule has 2 aromatic carbocycles. The molecule has 2 amide bonds. The zero-order valence-electron chi connectivity index (χ0n) is 17.1. The number of aromatic nitrogens is 1. The van der Waals surface area contributed by atoms with E-state index in [0.717, 1.165) is 16.5 Å². The Morgan fingerprint density at radius 3 is 2.31 bits per heavy atom. The highest BCUT2D eigenvalue weighted by Gasteiger charge is 2.17. The van der Waals surface area contributed by atoms with Gasteiger partial charge in [-0.25, -0.2) is 4.79 Å². The van der Waals surface area contributed by atoms with Gasteiger partial charge in [0.25, 0.3) is 5.91 Å². The van der Waals surface area contributed by atoms with E-state index in [0.29, 0.717) is 25.3 Å². The lowest BCUT2D eigenvalue weighted by atomic mass is 10.2. The maximum atomic E-state index is 12.8. The van der Waals surface area contributed by atoms with Crippen LogP contribution in [0.3, 0.4) is 0 Å². The number of ether oxygens (including phenoxy) is 1. The van der Waals surface area contributed by atoms with E-state index in [1.807, 2.05) is 65.2 Å². The van der Waals surface area contributed by atoms with Crippen LogP contribution in [0, 0.1) is 0 Å². The van der Waals surface area contributed by atoms with Crippen molar-refractivity contribution in [2.75, 3.05) is 13.1 Å². The fourth-order valence-corrected chi connectivity index (χ4v) is 3.08. The molecule has 6 nitrogen and oxygen atoms in total. The molecule has 0 aliphatic rings. The van der Waals surface area contributed by atoms with E-state index < -0.39 is 11.7 Å². The molecule has 0 spiro atoms. The third kappa shape index (κ3) is 5.60. The first-order valence-corrected chi connectivity index (χ1v) is 9.71. The first kappa shape index (κ1) is 20.5. The normalized spacial score (nSPS) is 11.3. The lowest BCUT2D eigenvalue weighted by molar-refractivity contribution is 0.0526. The van der Waals surface area contributed by atoms with Crippen LogP contribution in [-0.4, -0.2) is 35.3 Å². The summed E-state index contributed by atoms with van der Waals surface area (Å²) in [6, 6.07) is 19.9. The van der Waals surface area contributed by atoms with Crippen molar-refractivity contribution in [3.63, 3.8) is 0 Å². The quantitative estimate of drug-likeness (QED) is 0.623. The molecule has 0 aliphatic heterocycles. The minimum absolute atomic E-state index is 0.178. The lowest BCUT2D eigenvalue weighted by Crippen LogP contribution is -2.38. The Hall–Kier alpha value is -3.28. The number of benzene rings is 2. The third-order valence-corrected chi connectivity index (χ3v) is 4.31. The molecule has 1 aromatic heterocycles. The lowest BCUT2D eigenvalue weighted by Gasteiger charge is -2.19. The number of rotatable bonds is 6. The third-order valence-electron chi connectivity index (χ3n) is 4.31. The van der Waals surface area contributed by atoms with Gasteiger partial charge < -0.3 is 19.9 Å². The van der Waals surface area contributed by atoms with Gasteiger partial charge in [-0.2, -0.15) is 0 Å². The van der Waals surface area contributed by atoms with Crippen molar-refractivity contribution in [2.45, 2.75) is 32.9 Å². The summed E-state index contributed by atoms with van der Waals surface area (Å²) < 4.78 is 7.20. The summed E-state index contributed by atoms with van der Waals surface area (Å²) in [7, 11) is 0. The van der Waals surface area contributed by atoms with Gasteiger partial charge in [0.2, 0.25) is 0 Å². The van der Waals surface area contributed by atoms with Gasteiger partial charge in [-0.05, 0) is 38.5 Å². The van der Waals surface area contributed by atoms with Crippen molar-refractivity contribution in [3.8, 4) is 0 Å². The Balaban J connectivity index is 1.68. The van der Waals surface area contributed by atoms with Crippen molar-refractivity contribution in [1.82, 2.24) is 15.2 Å². The zero-order valence-corrected chi connectivity index (χ0v) is 17.1. The van der Waals surface area contributed by atoms with Crippen LogP contribution in [0.1, 0.15) is 36.8 Å². The number of nitrogens with one attached hydrogen (secondary N) is 2. The van der Waals surface area contributed by atoms with Gasteiger partial charge in [-0.3, -0.25) is 4.79 Å². The van der Waals surface area contributed by atoms with E-state index in [-0.39, 0.29) is 5.91 Å². The number of fused-ring (bicyclic) bond motifs is 1. The van der Waals surface area contributed by atoms with E-state index in [2.05, 4.69) is 10.6 Å². The Kier molecular flexibility index (Phi) is 6.22. The second-order valence-electron chi connectivity index (χ2n) is 7.84. The smallest absolute Gasteiger partial charge is 0.407 e. The predicted molar refractivity (Wildman–Crippen MR) is 114 cm³/mol. The van der Waals surface area contributed by atoms with Crippen LogP contribution >= 0.6 is 0 Å². The monoisotopic (exact) mass is 393 g/mol. The first-order chi connectivity index (χ1) is 13.8. The second-order valence-corrected chi connectivity index (χ2v) is 7.84. The molecular formula is C23H27N3O3. The van der Waals surface area contributed by atoms with E-state index in [1.54, 1.807) is 20.8 Å². The van der Waals surface area contributed by atoms with Gasteiger partial charge in [-0.15, -0.1) is 0 Å². The summed E-state index contributed by atoms with van der Waals surface area (Å²) in [5, 5.41) is 6.53. The molecule has 0 fully saturated rings. The second kappa shape index (κ2) is 8.82. The van der Waals surface area contributed by atoms with Crippen molar-refractivity contribution in [3.05, 3.63) is 71.9 Å². The average molecular weight is 393 g/mol. The molecule has 152 valence electrons. The highest BCUT2D eigenvalue weighted by molar-refractivity contribution is 5.98. The maximum Gasteiger partial charge on any atom is 0.407 e. The summed E-state index contributed by atoms with van der Waals surface area (Å²) in [6.07, 6.45) is -0.495. The molecule has 3 aromatic rings. The molecule has 3 rings (SSSR count). The Morgan fingerprint density at radius 1 is 0.931 bits per heavy atom. The van der Waals surface area contributed by atoms with Crippen LogP contribution in [0.25, 0.3) is 10.9 Å². The van der Waals surface area contributed by atoms with Crippen LogP contribution in [-0.2, 0) is 11.3 Å². The van der Waals surface area contributed by atoms with Gasteiger partial charge in [0.15, 0.2) is 0 Å². The molecule has 6 heteroatoms. The number of amides is 2. The van der Waals surface area contributed by atoms with Crippen LogP contribution in [0.2, 0.25) is 0 Å². The van der Waals surface area contributed by atoms with E-state index >= 15 is 0 Å². The average Bonchev–Trinajstić information content (AvgIpc) is 3.03. The van der Waals surface area contributed by atoms with Crippen LogP contribution < -0.4 is 10.6 Å². The minimum Gasteiger partial charge on any atom is -0.444 e. The number of carbonyl (C=O) groups is 2. The van der Waals surface area contributed by atoms with Crippen molar-refractivity contribution in [1.29, 1.82) is 0 Å². The molecule has 0 saturated carbocycles. The topological polar surface area (TPSA) is 72.4 Å². The van der Waals surface area contributed by atoms with Gasteiger partial charge in [0.1, 0.15) is 11.3 Å². The largest absolute Gasteiger partial charge is 0.444 e. The standard InChI is InChI=1S/C23H27N3O3/c1-23(2,3)29-22(28)25-14-13-24-21(27)20-15-18-11-7-8-12-19(18)26(20)16-17-9-5-4-6-10-17/h4-12,15H,13-14,16H2,1-3H3,(H,24,27)(H,25,28). The van der Waals surface area contributed by atoms with Gasteiger partial charge in [0, 0.05) is 30.5 Å². The first-order valence-electron chi connectivity index (χ1n) is 9.71. The summed E-state index contributed by atoms with van der Waals surface area (Å²) in [5.41, 5.74) is 2.17. The van der Waals surface area contributed by atoms with Crippen molar-refractivity contribution >= 4 is 22.9 Å². The highest BCUT2D eigenvalue weighted by Crippen LogP contribution is 2.21. The highest BCUT2D eigenvalue weighted by atomic mass is 16.6. The summed E-state index contributed by atoms with van der Waals surface area (Å²) in [4.78, 5) is 24.5. The fraction of sp³-hybridized carbons (Fsp3) is 0.304. The number of hydrogen-bond acceptors (Lipinski definition) is 3. The number of para-hydroxylation sites is 1. The molecule has 2 N–H and O–H groups in total. The molecule has 0 aliphatic carbocycles. The van der Waals surface area contributed by atoms with E-state index in [9.17, 15) is 9.59 Å². The Bertz CT molecular complexity index is 988. The SMILES string of the molecule is CC(C)(C)OC(=O)NCCNC(=O)c1cc2ccccc2n1Cc1ccccc1. The van der Waals surface area contributed by atoms with Crippen molar-refractivity contribution < 1.29 is 14.3 Å². The van der Waals surface area contributed by atoms with Crippen LogP contribution in [0.5, 0.6) is 0 Å². The van der Waals surface area contributed by atoms with E-state index in [1.165, 1.54) is 0 Å². The molecule has 0 atom stereocenters. The predicted octanol–water partition coefficient (Wildman–Crippen LogP) is 3.94. The number of carbonyl (C=O) groups excluding carboxylic acids is 2. The molecule has 0 unspecified atom stereocenters. The van der Waals surface area contributed by atoms with E-state index in [4.69, 9.17) is 4.74 Å². The van der Waals surface area contributed by atoms with Crippen LogP contribution in [0.4, 0.5) is 4.79 Å². The van der Waals surface area contributed by atoms with Crippen LogP contribution in [0.15, 0.2) is 60.7 Å². The zero-order chi connectivity index (χ0) is 20.9. The Labute approximate surface area is 170 Å². The summed E-state index contributed by atoms with van der Waals surface area (Å²) in [6.45, 7) is 6.62. The fourth-order valence-electron chi connectivity index (χ4n) is 3.08. The summed E-state index contributed by atoms with van der Waals surface area (Å²) >= 11 is 0. The number of alkyl carbamates (subject to hydrolysis) is 1. The van der Waals surface area contributed by atoms with Gasteiger partial charge >= 0.3 is 6.09 Å². The minimum atomic E-state index is -0.550. The molecule has 0 saturated heterocycles. The molecular weight excluding hydrogens is 366 g/mol. The maximum absolute atomic E-state index is 12.8. The Morgan fingerprint density at radius 2 is 1.59 bits per heavy atom. The van der Waals surface area contributed by atoms with Crippen molar-refractivity contribution in [2.24, 2.45) is 0 Å². The summed E-state index contributed by atoms with van der Waals surface area (Å²) in [5.74, 6) is -0.178. The van der Waals surface area contributed by atoms with Gasteiger partial charge in [0.05, 0.1) is 0 Å². The molecule has 0 bridgehead atoms. The molecule has 0 radical (unpaired) electrons.